The Morgan fingerprint density at radius 3 is 2.65 bits per heavy atom. The van der Waals surface area contributed by atoms with E-state index in [4.69, 9.17) is 0 Å². The smallest absolute Gasteiger partial charge is 0.259 e. The SMILES string of the molecule is Cc1c(C(=O)Nc2ccc(Br)cc2)cnn1C1CCS(=O)(=O)C1. The fourth-order valence-corrected chi connectivity index (χ4v) is 4.67. The lowest BCUT2D eigenvalue weighted by Gasteiger charge is -2.11. The summed E-state index contributed by atoms with van der Waals surface area (Å²) in [6.45, 7) is 1.79. The Morgan fingerprint density at radius 1 is 1.35 bits per heavy atom. The van der Waals surface area contributed by atoms with Crippen LogP contribution in [0.5, 0.6) is 0 Å². The molecule has 1 N–H and O–H groups in total. The Bertz CT molecular complexity index is 843. The van der Waals surface area contributed by atoms with Crippen LogP contribution in [0, 0.1) is 6.92 Å². The Balaban J connectivity index is 1.79. The minimum Gasteiger partial charge on any atom is -0.322 e. The van der Waals surface area contributed by atoms with E-state index in [1.165, 1.54) is 6.20 Å². The van der Waals surface area contributed by atoms with Gasteiger partial charge < -0.3 is 5.32 Å². The highest BCUT2D eigenvalue weighted by atomic mass is 79.9. The number of benzene rings is 1. The molecule has 2 heterocycles. The summed E-state index contributed by atoms with van der Waals surface area (Å²) in [6.07, 6.45) is 2.03. The van der Waals surface area contributed by atoms with Crippen molar-refractivity contribution in [3.63, 3.8) is 0 Å². The van der Waals surface area contributed by atoms with E-state index in [2.05, 4.69) is 26.3 Å². The molecule has 0 saturated carbocycles. The molecule has 1 fully saturated rings. The molecule has 1 aliphatic heterocycles. The molecule has 1 aromatic carbocycles. The predicted molar refractivity (Wildman–Crippen MR) is 91.4 cm³/mol. The summed E-state index contributed by atoms with van der Waals surface area (Å²) in [5.74, 6) is 0.0117. The summed E-state index contributed by atoms with van der Waals surface area (Å²) in [5, 5.41) is 7.04. The van der Waals surface area contributed by atoms with E-state index in [1.807, 2.05) is 12.1 Å². The van der Waals surface area contributed by atoms with Crippen molar-refractivity contribution in [2.24, 2.45) is 0 Å². The van der Waals surface area contributed by atoms with Crippen LogP contribution in [0.2, 0.25) is 0 Å². The molecule has 1 unspecified atom stereocenters. The number of nitrogens with one attached hydrogen (secondary N) is 1. The van der Waals surface area contributed by atoms with Gasteiger partial charge in [0.15, 0.2) is 9.84 Å². The van der Waals surface area contributed by atoms with Gasteiger partial charge in [0.05, 0.1) is 29.3 Å². The first kappa shape index (κ1) is 16.2. The number of aromatic nitrogens is 2. The molecule has 0 spiro atoms. The van der Waals surface area contributed by atoms with E-state index in [0.717, 1.165) is 4.47 Å². The van der Waals surface area contributed by atoms with Gasteiger partial charge in [-0.05, 0) is 37.6 Å². The minimum atomic E-state index is -2.99. The lowest BCUT2D eigenvalue weighted by atomic mass is 10.2. The fourth-order valence-electron chi connectivity index (χ4n) is 2.71. The maximum absolute atomic E-state index is 12.4. The number of anilines is 1. The summed E-state index contributed by atoms with van der Waals surface area (Å²) >= 11 is 3.34. The quantitative estimate of drug-likeness (QED) is 0.862. The largest absolute Gasteiger partial charge is 0.322 e. The van der Waals surface area contributed by atoms with Crippen molar-refractivity contribution in [3.8, 4) is 0 Å². The summed E-state index contributed by atoms with van der Waals surface area (Å²) in [4.78, 5) is 12.4. The first-order valence-electron chi connectivity index (χ1n) is 7.17. The van der Waals surface area contributed by atoms with Crippen LogP contribution in [0.1, 0.15) is 28.5 Å². The molecule has 1 aliphatic rings. The summed E-state index contributed by atoms with van der Waals surface area (Å²) in [5.41, 5.74) is 1.83. The first-order chi connectivity index (χ1) is 10.9. The molecule has 3 rings (SSSR count). The zero-order valence-corrected chi connectivity index (χ0v) is 14.9. The standard InChI is InChI=1S/C15H16BrN3O3S/c1-10-14(15(20)18-12-4-2-11(16)3-5-12)8-17-19(10)13-6-7-23(21,22)9-13/h2-5,8,13H,6-7,9H2,1H3,(H,18,20). The van der Waals surface area contributed by atoms with E-state index in [1.54, 1.807) is 23.7 Å². The molecule has 2 aromatic rings. The van der Waals surface area contributed by atoms with Gasteiger partial charge >= 0.3 is 0 Å². The number of carbonyl (C=O) groups is 1. The third kappa shape index (κ3) is 3.48. The second kappa shape index (κ2) is 6.09. The molecule has 23 heavy (non-hydrogen) atoms. The van der Waals surface area contributed by atoms with Crippen LogP contribution in [-0.4, -0.2) is 35.6 Å². The Hall–Kier alpha value is -1.67. The van der Waals surface area contributed by atoms with Gasteiger partial charge in [-0.3, -0.25) is 9.48 Å². The highest BCUT2D eigenvalue weighted by Gasteiger charge is 2.31. The van der Waals surface area contributed by atoms with Gasteiger partial charge in [0.25, 0.3) is 5.91 Å². The second-order valence-electron chi connectivity index (χ2n) is 5.61. The van der Waals surface area contributed by atoms with Crippen molar-refractivity contribution in [1.82, 2.24) is 9.78 Å². The maximum atomic E-state index is 12.4. The normalized spacial score (nSPS) is 19.7. The number of amides is 1. The van der Waals surface area contributed by atoms with Crippen LogP contribution in [0.25, 0.3) is 0 Å². The Labute approximate surface area is 142 Å². The summed E-state index contributed by atoms with van der Waals surface area (Å²) in [6, 6.07) is 7.09. The van der Waals surface area contributed by atoms with Crippen LogP contribution < -0.4 is 5.32 Å². The van der Waals surface area contributed by atoms with E-state index >= 15 is 0 Å². The van der Waals surface area contributed by atoms with Crippen molar-refractivity contribution >= 4 is 37.4 Å². The van der Waals surface area contributed by atoms with Crippen molar-refractivity contribution in [1.29, 1.82) is 0 Å². The summed E-state index contributed by atoms with van der Waals surface area (Å²) in [7, 11) is -2.99. The number of sulfone groups is 1. The molecule has 0 aliphatic carbocycles. The number of rotatable bonds is 3. The zero-order valence-electron chi connectivity index (χ0n) is 12.5. The van der Waals surface area contributed by atoms with E-state index in [9.17, 15) is 13.2 Å². The van der Waals surface area contributed by atoms with Gasteiger partial charge in [-0.25, -0.2) is 8.42 Å². The number of halogens is 1. The minimum absolute atomic E-state index is 0.0866. The molecular weight excluding hydrogens is 382 g/mol. The Kier molecular flexibility index (Phi) is 4.29. The van der Waals surface area contributed by atoms with E-state index in [-0.39, 0.29) is 23.5 Å². The first-order valence-corrected chi connectivity index (χ1v) is 9.78. The zero-order chi connectivity index (χ0) is 16.6. The molecule has 0 radical (unpaired) electrons. The van der Waals surface area contributed by atoms with Crippen molar-refractivity contribution in [2.75, 3.05) is 16.8 Å². The molecule has 0 bridgehead atoms. The van der Waals surface area contributed by atoms with Crippen molar-refractivity contribution < 1.29 is 13.2 Å². The molecule has 1 amide bonds. The number of nitrogens with zero attached hydrogens (tertiary/aromatic N) is 2. The number of hydrogen-bond acceptors (Lipinski definition) is 4. The maximum Gasteiger partial charge on any atom is 0.259 e. The highest BCUT2D eigenvalue weighted by molar-refractivity contribution is 9.10. The van der Waals surface area contributed by atoms with Gasteiger partial charge in [0.1, 0.15) is 0 Å². The fraction of sp³-hybridized carbons (Fsp3) is 0.333. The van der Waals surface area contributed by atoms with E-state index in [0.29, 0.717) is 23.4 Å². The highest BCUT2D eigenvalue weighted by Crippen LogP contribution is 2.25. The lowest BCUT2D eigenvalue weighted by molar-refractivity contribution is 0.102. The third-order valence-electron chi connectivity index (χ3n) is 3.95. The molecule has 1 saturated heterocycles. The van der Waals surface area contributed by atoms with Gasteiger partial charge in [0, 0.05) is 15.9 Å². The van der Waals surface area contributed by atoms with Gasteiger partial charge in [-0.1, -0.05) is 15.9 Å². The van der Waals surface area contributed by atoms with E-state index < -0.39 is 9.84 Å². The van der Waals surface area contributed by atoms with Crippen LogP contribution in [0.15, 0.2) is 34.9 Å². The molecule has 122 valence electrons. The van der Waals surface area contributed by atoms with Gasteiger partial charge in [-0.15, -0.1) is 0 Å². The van der Waals surface area contributed by atoms with Crippen LogP contribution in [-0.2, 0) is 9.84 Å². The molecular formula is C15H16BrN3O3S. The van der Waals surface area contributed by atoms with Crippen LogP contribution in [0.3, 0.4) is 0 Å². The average molecular weight is 398 g/mol. The number of carbonyl (C=O) groups excluding carboxylic acids is 1. The van der Waals surface area contributed by atoms with Gasteiger partial charge in [-0.2, -0.15) is 5.10 Å². The third-order valence-corrected chi connectivity index (χ3v) is 6.22. The molecule has 6 nitrogen and oxygen atoms in total. The van der Waals surface area contributed by atoms with Gasteiger partial charge in [0.2, 0.25) is 0 Å². The molecule has 1 aromatic heterocycles. The van der Waals surface area contributed by atoms with Crippen molar-refractivity contribution in [3.05, 3.63) is 46.2 Å². The average Bonchev–Trinajstić information content (AvgIpc) is 3.04. The lowest BCUT2D eigenvalue weighted by Crippen LogP contribution is -2.16. The monoisotopic (exact) mass is 397 g/mol. The predicted octanol–water partition coefficient (Wildman–Crippen LogP) is 2.57. The number of hydrogen-bond donors (Lipinski definition) is 1. The molecule has 8 heteroatoms. The summed E-state index contributed by atoms with van der Waals surface area (Å²) < 4.78 is 25.8. The van der Waals surface area contributed by atoms with Crippen molar-refractivity contribution in [2.45, 2.75) is 19.4 Å². The second-order valence-corrected chi connectivity index (χ2v) is 8.75. The Morgan fingerprint density at radius 2 is 2.04 bits per heavy atom. The van der Waals surface area contributed by atoms with Crippen LogP contribution in [0.4, 0.5) is 5.69 Å². The van der Waals surface area contributed by atoms with Crippen LogP contribution >= 0.6 is 15.9 Å². The molecule has 1 atom stereocenters. The topological polar surface area (TPSA) is 81.1 Å².